The predicted octanol–water partition coefficient (Wildman–Crippen LogP) is 2.16. The maximum atomic E-state index is 10.8. The Labute approximate surface area is 90.9 Å². The molecule has 0 spiro atoms. The van der Waals surface area contributed by atoms with Crippen molar-refractivity contribution in [2.45, 2.75) is 5.33 Å². The number of rotatable bonds is 3. The van der Waals surface area contributed by atoms with Crippen molar-refractivity contribution in [3.8, 4) is 0 Å². The molecule has 0 unspecified atom stereocenters. The highest BCUT2D eigenvalue weighted by atomic mass is 79.9. The van der Waals surface area contributed by atoms with Crippen LogP contribution in [0.5, 0.6) is 0 Å². The van der Waals surface area contributed by atoms with Crippen LogP contribution in [0.2, 0.25) is 0 Å². The average Bonchev–Trinajstić information content (AvgIpc) is 2.26. The lowest BCUT2D eigenvalue weighted by Crippen LogP contribution is -1.93. The number of halogens is 1. The molecule has 0 aliphatic carbocycles. The summed E-state index contributed by atoms with van der Waals surface area (Å²) in [6, 6.07) is 3.79. The Morgan fingerprint density at radius 1 is 1.64 bits per heavy atom. The number of carbonyl (C=O) groups is 1. The molecular weight excluding hydrogens is 246 g/mol. The van der Waals surface area contributed by atoms with Gasteiger partial charge in [-0.2, -0.15) is 0 Å². The molecule has 0 N–H and O–H groups in total. The fourth-order valence-electron chi connectivity index (χ4n) is 0.846. The van der Waals surface area contributed by atoms with Gasteiger partial charge in [-0.15, -0.1) is 0 Å². The lowest BCUT2D eigenvalue weighted by Gasteiger charge is -1.95. The first-order valence-corrected chi connectivity index (χ1v) is 5.15. The topological polar surface area (TPSA) is 39.2 Å². The summed E-state index contributed by atoms with van der Waals surface area (Å²) in [6.07, 6.45) is 4.73. The van der Waals surface area contributed by atoms with Crippen molar-refractivity contribution >= 4 is 28.0 Å². The van der Waals surface area contributed by atoms with Gasteiger partial charge in [-0.05, 0) is 17.7 Å². The first-order chi connectivity index (χ1) is 6.76. The van der Waals surface area contributed by atoms with Gasteiger partial charge < -0.3 is 4.74 Å². The summed E-state index contributed by atoms with van der Waals surface area (Å²) >= 11 is 3.30. The van der Waals surface area contributed by atoms with E-state index in [1.54, 1.807) is 12.3 Å². The molecule has 0 aliphatic rings. The van der Waals surface area contributed by atoms with Crippen LogP contribution in [0.1, 0.15) is 11.3 Å². The van der Waals surface area contributed by atoms with Crippen molar-refractivity contribution in [1.29, 1.82) is 0 Å². The summed E-state index contributed by atoms with van der Waals surface area (Å²) in [5.41, 5.74) is 1.83. The highest BCUT2D eigenvalue weighted by Gasteiger charge is 1.93. The number of methoxy groups -OCH3 is 1. The molecular formula is C10H10BrNO2. The van der Waals surface area contributed by atoms with E-state index < -0.39 is 0 Å². The molecule has 0 bridgehead atoms. The van der Waals surface area contributed by atoms with Crippen LogP contribution in [-0.2, 0) is 14.9 Å². The number of hydrogen-bond donors (Lipinski definition) is 0. The van der Waals surface area contributed by atoms with E-state index >= 15 is 0 Å². The zero-order valence-electron chi connectivity index (χ0n) is 7.74. The smallest absolute Gasteiger partial charge is 0.330 e. The van der Waals surface area contributed by atoms with E-state index in [9.17, 15) is 4.79 Å². The van der Waals surface area contributed by atoms with Gasteiger partial charge in [0.25, 0.3) is 0 Å². The molecule has 3 nitrogen and oxygen atoms in total. The van der Waals surface area contributed by atoms with E-state index in [0.29, 0.717) is 0 Å². The third-order valence-corrected chi connectivity index (χ3v) is 2.17. The normalized spacial score (nSPS) is 10.4. The van der Waals surface area contributed by atoms with E-state index in [1.807, 2.05) is 12.1 Å². The fourth-order valence-corrected chi connectivity index (χ4v) is 1.18. The van der Waals surface area contributed by atoms with Crippen LogP contribution in [0.25, 0.3) is 6.08 Å². The minimum atomic E-state index is -0.366. The Balaban J connectivity index is 2.68. The largest absolute Gasteiger partial charge is 0.466 e. The number of esters is 1. The highest BCUT2D eigenvalue weighted by molar-refractivity contribution is 9.08. The molecule has 1 aromatic heterocycles. The SMILES string of the molecule is COC(=O)/C=C/c1ccc(CBr)nc1. The monoisotopic (exact) mass is 255 g/mol. The van der Waals surface area contributed by atoms with Gasteiger partial charge in [-0.25, -0.2) is 4.79 Å². The zero-order valence-corrected chi connectivity index (χ0v) is 9.32. The summed E-state index contributed by atoms with van der Waals surface area (Å²) in [4.78, 5) is 14.9. The third-order valence-electron chi connectivity index (χ3n) is 1.60. The maximum Gasteiger partial charge on any atom is 0.330 e. The maximum absolute atomic E-state index is 10.8. The minimum absolute atomic E-state index is 0.366. The van der Waals surface area contributed by atoms with Crippen LogP contribution in [0.3, 0.4) is 0 Å². The van der Waals surface area contributed by atoms with Crippen LogP contribution in [0, 0.1) is 0 Å². The van der Waals surface area contributed by atoms with Crippen LogP contribution in [-0.4, -0.2) is 18.1 Å². The summed E-state index contributed by atoms with van der Waals surface area (Å²) in [5.74, 6) is -0.366. The molecule has 0 saturated carbocycles. The molecule has 74 valence electrons. The molecule has 0 aliphatic heterocycles. The molecule has 1 aromatic rings. The van der Waals surface area contributed by atoms with Gasteiger partial charge >= 0.3 is 5.97 Å². The van der Waals surface area contributed by atoms with E-state index in [4.69, 9.17) is 0 Å². The minimum Gasteiger partial charge on any atom is -0.466 e. The summed E-state index contributed by atoms with van der Waals surface area (Å²) in [7, 11) is 1.35. The second-order valence-corrected chi connectivity index (χ2v) is 3.13. The van der Waals surface area contributed by atoms with Crippen LogP contribution >= 0.6 is 15.9 Å². The summed E-state index contributed by atoms with van der Waals surface area (Å²) in [6.45, 7) is 0. The van der Waals surface area contributed by atoms with Gasteiger partial charge in [0.2, 0.25) is 0 Å². The van der Waals surface area contributed by atoms with E-state index in [0.717, 1.165) is 16.6 Å². The molecule has 0 amide bonds. The van der Waals surface area contributed by atoms with Crippen LogP contribution in [0.15, 0.2) is 24.4 Å². The van der Waals surface area contributed by atoms with Crippen LogP contribution in [0.4, 0.5) is 0 Å². The van der Waals surface area contributed by atoms with Crippen molar-refractivity contribution in [2.75, 3.05) is 7.11 Å². The molecule has 1 heterocycles. The van der Waals surface area contributed by atoms with E-state index in [1.165, 1.54) is 13.2 Å². The van der Waals surface area contributed by atoms with Crippen molar-refractivity contribution in [3.05, 3.63) is 35.7 Å². The molecule has 0 radical (unpaired) electrons. The molecule has 1 rings (SSSR count). The standard InChI is InChI=1S/C10H10BrNO2/c1-14-10(13)5-3-8-2-4-9(6-11)12-7-8/h2-5,7H,6H2,1H3/b5-3+. The molecule has 0 atom stereocenters. The number of pyridine rings is 1. The molecule has 0 aromatic carbocycles. The summed E-state index contributed by atoms with van der Waals surface area (Å²) in [5, 5.41) is 0.730. The Morgan fingerprint density at radius 2 is 2.43 bits per heavy atom. The number of carbonyl (C=O) groups excluding carboxylic acids is 1. The first kappa shape index (κ1) is 10.9. The number of ether oxygens (including phenoxy) is 1. The van der Waals surface area contributed by atoms with Crippen LogP contribution < -0.4 is 0 Å². The lowest BCUT2D eigenvalue weighted by atomic mass is 10.2. The molecule has 0 fully saturated rings. The lowest BCUT2D eigenvalue weighted by molar-refractivity contribution is -0.134. The quantitative estimate of drug-likeness (QED) is 0.472. The first-order valence-electron chi connectivity index (χ1n) is 4.03. The second-order valence-electron chi connectivity index (χ2n) is 2.57. The van der Waals surface area contributed by atoms with Crippen molar-refractivity contribution < 1.29 is 9.53 Å². The van der Waals surface area contributed by atoms with Crippen molar-refractivity contribution in [1.82, 2.24) is 4.98 Å². The Bertz CT molecular complexity index is 332. The molecule has 14 heavy (non-hydrogen) atoms. The van der Waals surface area contributed by atoms with Gasteiger partial charge in [0.1, 0.15) is 0 Å². The number of aromatic nitrogens is 1. The van der Waals surface area contributed by atoms with E-state index in [2.05, 4.69) is 25.7 Å². The second kappa shape index (κ2) is 5.54. The summed E-state index contributed by atoms with van der Waals surface area (Å²) < 4.78 is 4.46. The van der Waals surface area contributed by atoms with Gasteiger partial charge in [-0.1, -0.05) is 22.0 Å². The highest BCUT2D eigenvalue weighted by Crippen LogP contribution is 2.05. The van der Waals surface area contributed by atoms with Crippen molar-refractivity contribution in [3.63, 3.8) is 0 Å². The number of nitrogens with zero attached hydrogens (tertiary/aromatic N) is 1. The molecule has 0 saturated heterocycles. The van der Waals surface area contributed by atoms with Gasteiger partial charge in [-0.3, -0.25) is 4.98 Å². The zero-order chi connectivity index (χ0) is 10.4. The predicted molar refractivity (Wildman–Crippen MR) is 57.9 cm³/mol. The van der Waals surface area contributed by atoms with Crippen molar-refractivity contribution in [2.24, 2.45) is 0 Å². The van der Waals surface area contributed by atoms with Gasteiger partial charge in [0.05, 0.1) is 12.8 Å². The Kier molecular flexibility index (Phi) is 4.32. The molecule has 4 heteroatoms. The third kappa shape index (κ3) is 3.30. The average molecular weight is 256 g/mol. The van der Waals surface area contributed by atoms with Gasteiger partial charge in [0.15, 0.2) is 0 Å². The fraction of sp³-hybridized carbons (Fsp3) is 0.200. The number of alkyl halides is 1. The Hall–Kier alpha value is -1.16. The van der Waals surface area contributed by atoms with E-state index in [-0.39, 0.29) is 5.97 Å². The number of hydrogen-bond acceptors (Lipinski definition) is 3. The van der Waals surface area contributed by atoms with Gasteiger partial charge in [0, 0.05) is 17.6 Å². The Morgan fingerprint density at radius 3 is 2.93 bits per heavy atom.